The van der Waals surface area contributed by atoms with E-state index in [4.69, 9.17) is 25.8 Å². The summed E-state index contributed by atoms with van der Waals surface area (Å²) in [5.41, 5.74) is 0. The molecule has 0 radical (unpaired) electrons. The lowest BCUT2D eigenvalue weighted by molar-refractivity contribution is -0.357. The molecule has 1 aliphatic heterocycles. The topological polar surface area (TPSA) is 86.3 Å². The van der Waals surface area contributed by atoms with Crippen LogP contribution in [0.25, 0.3) is 0 Å². The molecule has 7 nitrogen and oxygen atoms in total. The van der Waals surface area contributed by atoms with Crippen molar-refractivity contribution in [3.05, 3.63) is 29.3 Å². The number of hydrogen-bond acceptors (Lipinski definition) is 6. The van der Waals surface area contributed by atoms with Crippen molar-refractivity contribution in [1.82, 2.24) is 5.32 Å². The van der Waals surface area contributed by atoms with Crippen molar-refractivity contribution in [1.29, 1.82) is 0 Å². The third-order valence-electron chi connectivity index (χ3n) is 5.14. The van der Waals surface area contributed by atoms with Crippen molar-refractivity contribution in [2.75, 3.05) is 19.8 Å². The van der Waals surface area contributed by atoms with E-state index in [1.807, 2.05) is 0 Å². The second-order valence-electron chi connectivity index (χ2n) is 7.64. The van der Waals surface area contributed by atoms with Crippen LogP contribution < -0.4 is 10.1 Å². The van der Waals surface area contributed by atoms with Gasteiger partial charge in [-0.05, 0) is 37.1 Å². The highest BCUT2D eigenvalue weighted by molar-refractivity contribution is 6.30. The second kappa shape index (κ2) is 10.8. The Morgan fingerprint density at radius 3 is 2.55 bits per heavy atom. The molecule has 1 saturated carbocycles. The summed E-state index contributed by atoms with van der Waals surface area (Å²) in [5, 5.41) is 13.6. The molecule has 1 amide bonds. The Balaban J connectivity index is 1.27. The Morgan fingerprint density at radius 1 is 1.23 bits per heavy atom. The Kier molecular flexibility index (Phi) is 8.40. The summed E-state index contributed by atoms with van der Waals surface area (Å²) in [6, 6.07) is 6.47. The minimum Gasteiger partial charge on any atom is -0.484 e. The summed E-state index contributed by atoms with van der Waals surface area (Å²) in [6.45, 7) is 0.0673. The minimum atomic E-state index is -4.64. The maximum Gasteiger partial charge on any atom is 0.522 e. The molecule has 2 aliphatic rings. The van der Waals surface area contributed by atoms with Gasteiger partial charge in [-0.2, -0.15) is 0 Å². The van der Waals surface area contributed by atoms with Gasteiger partial charge < -0.3 is 24.6 Å². The molecule has 2 fully saturated rings. The van der Waals surface area contributed by atoms with Crippen LogP contribution in [0.2, 0.25) is 5.02 Å². The summed E-state index contributed by atoms with van der Waals surface area (Å²) < 4.78 is 56.7. The van der Waals surface area contributed by atoms with Crippen molar-refractivity contribution < 1.29 is 42.0 Å². The lowest BCUT2D eigenvalue weighted by atomic mass is 9.92. The number of halogens is 4. The van der Waals surface area contributed by atoms with Gasteiger partial charge >= 0.3 is 6.36 Å². The van der Waals surface area contributed by atoms with Gasteiger partial charge in [-0.15, -0.1) is 13.2 Å². The normalized spacial score (nSPS) is 27.3. The molecule has 3 atom stereocenters. The first kappa shape index (κ1) is 24.1. The third kappa shape index (κ3) is 8.12. The molecular weight excluding hydrogens is 443 g/mol. The van der Waals surface area contributed by atoms with Crippen LogP contribution in [0.4, 0.5) is 13.2 Å². The fraction of sp³-hybridized carbons (Fsp3) is 0.650. The molecule has 1 saturated heterocycles. The quantitative estimate of drug-likeness (QED) is 0.581. The van der Waals surface area contributed by atoms with Gasteiger partial charge in [0.2, 0.25) is 0 Å². The highest BCUT2D eigenvalue weighted by Crippen LogP contribution is 2.32. The van der Waals surface area contributed by atoms with Crippen LogP contribution in [-0.2, 0) is 19.0 Å². The number of aliphatic hydroxyl groups is 1. The van der Waals surface area contributed by atoms with E-state index in [0.29, 0.717) is 23.6 Å². The van der Waals surface area contributed by atoms with Crippen molar-refractivity contribution in [2.24, 2.45) is 0 Å². The lowest BCUT2D eigenvalue weighted by Crippen LogP contribution is -2.48. The standard InChI is InChI=1S/C20H25ClF3NO6/c21-12-1-4-14(5-2-12)29-11-19(27)25-13-3-6-18(30-9-13)17(26)10-28-15-7-16(8-15)31-20(22,23)24/h1-2,4-5,13,15-18,26H,3,6-11H2,(H,25,27)/t13-,15?,16?,17?,18?/m0/s1. The molecule has 11 heteroatoms. The van der Waals surface area contributed by atoms with E-state index < -0.39 is 24.7 Å². The predicted molar refractivity (Wildman–Crippen MR) is 104 cm³/mol. The van der Waals surface area contributed by atoms with Gasteiger partial charge in [-0.3, -0.25) is 9.53 Å². The van der Waals surface area contributed by atoms with Crippen molar-refractivity contribution in [3.8, 4) is 5.75 Å². The lowest BCUT2D eigenvalue weighted by Gasteiger charge is -2.37. The van der Waals surface area contributed by atoms with Crippen LogP contribution in [0, 0.1) is 0 Å². The largest absolute Gasteiger partial charge is 0.522 e. The first-order chi connectivity index (χ1) is 14.7. The molecule has 3 rings (SSSR count). The van der Waals surface area contributed by atoms with E-state index in [1.54, 1.807) is 24.3 Å². The average Bonchev–Trinajstić information content (AvgIpc) is 2.68. The number of amides is 1. The van der Waals surface area contributed by atoms with Gasteiger partial charge in [-0.1, -0.05) is 11.6 Å². The molecule has 174 valence electrons. The maximum atomic E-state index is 12.1. The van der Waals surface area contributed by atoms with E-state index >= 15 is 0 Å². The first-order valence-corrected chi connectivity index (χ1v) is 10.4. The van der Waals surface area contributed by atoms with E-state index in [9.17, 15) is 23.1 Å². The van der Waals surface area contributed by atoms with Crippen LogP contribution >= 0.6 is 11.6 Å². The average molecular weight is 468 g/mol. The monoisotopic (exact) mass is 467 g/mol. The Labute approximate surface area is 182 Å². The summed E-state index contributed by atoms with van der Waals surface area (Å²) in [6.07, 6.45) is -5.84. The van der Waals surface area contributed by atoms with E-state index in [1.165, 1.54) is 0 Å². The summed E-state index contributed by atoms with van der Waals surface area (Å²) >= 11 is 5.79. The molecule has 0 bridgehead atoms. The minimum absolute atomic E-state index is 0.0277. The van der Waals surface area contributed by atoms with Crippen LogP contribution in [0.3, 0.4) is 0 Å². The molecule has 1 heterocycles. The molecule has 31 heavy (non-hydrogen) atoms. The number of rotatable bonds is 9. The molecule has 1 aromatic rings. The van der Waals surface area contributed by atoms with E-state index in [-0.39, 0.29) is 50.7 Å². The number of hydrogen-bond donors (Lipinski definition) is 2. The van der Waals surface area contributed by atoms with Crippen molar-refractivity contribution >= 4 is 17.5 Å². The van der Waals surface area contributed by atoms with Gasteiger partial charge in [0.05, 0.1) is 37.6 Å². The summed E-state index contributed by atoms with van der Waals surface area (Å²) in [5.74, 6) is 0.247. The number of ether oxygens (including phenoxy) is 4. The zero-order valence-corrected chi connectivity index (χ0v) is 17.4. The highest BCUT2D eigenvalue weighted by Gasteiger charge is 2.41. The van der Waals surface area contributed by atoms with Crippen LogP contribution in [-0.4, -0.2) is 67.7 Å². The van der Waals surface area contributed by atoms with E-state index in [2.05, 4.69) is 10.1 Å². The maximum absolute atomic E-state index is 12.1. The Hall–Kier alpha value is -1.59. The van der Waals surface area contributed by atoms with E-state index in [0.717, 1.165) is 0 Å². The van der Waals surface area contributed by atoms with Gasteiger partial charge in [0, 0.05) is 17.9 Å². The van der Waals surface area contributed by atoms with Crippen LogP contribution in [0.5, 0.6) is 5.75 Å². The summed E-state index contributed by atoms with van der Waals surface area (Å²) in [7, 11) is 0. The van der Waals surface area contributed by atoms with Gasteiger partial charge in [-0.25, -0.2) is 0 Å². The summed E-state index contributed by atoms with van der Waals surface area (Å²) in [4.78, 5) is 12.0. The molecule has 1 aromatic carbocycles. The predicted octanol–water partition coefficient (Wildman–Crippen LogP) is 2.83. The molecule has 0 spiro atoms. The van der Waals surface area contributed by atoms with Gasteiger partial charge in [0.15, 0.2) is 6.61 Å². The zero-order chi connectivity index (χ0) is 22.4. The van der Waals surface area contributed by atoms with Crippen LogP contribution in [0.1, 0.15) is 25.7 Å². The molecule has 0 aromatic heterocycles. The fourth-order valence-electron chi connectivity index (χ4n) is 3.42. The van der Waals surface area contributed by atoms with Crippen molar-refractivity contribution in [2.45, 2.75) is 62.5 Å². The van der Waals surface area contributed by atoms with Crippen LogP contribution in [0.15, 0.2) is 24.3 Å². The van der Waals surface area contributed by atoms with Gasteiger partial charge in [0.25, 0.3) is 5.91 Å². The molecular formula is C20H25ClF3NO6. The number of carbonyl (C=O) groups is 1. The number of carbonyl (C=O) groups excluding carboxylic acids is 1. The Morgan fingerprint density at radius 2 is 1.94 bits per heavy atom. The van der Waals surface area contributed by atoms with Crippen molar-refractivity contribution in [3.63, 3.8) is 0 Å². The number of alkyl halides is 3. The Bertz CT molecular complexity index is 706. The number of benzene rings is 1. The highest BCUT2D eigenvalue weighted by atomic mass is 35.5. The molecule has 2 unspecified atom stereocenters. The fourth-order valence-corrected chi connectivity index (χ4v) is 3.54. The SMILES string of the molecule is O=C(COc1ccc(Cl)cc1)N[C@H]1CCC(C(O)COC2CC(OC(F)(F)F)C2)OC1. The van der Waals surface area contributed by atoms with Gasteiger partial charge in [0.1, 0.15) is 11.9 Å². The number of aliphatic hydroxyl groups excluding tert-OH is 1. The molecule has 2 N–H and O–H groups in total. The first-order valence-electron chi connectivity index (χ1n) is 10.0. The molecule has 1 aliphatic carbocycles. The third-order valence-corrected chi connectivity index (χ3v) is 5.40. The second-order valence-corrected chi connectivity index (χ2v) is 8.07. The zero-order valence-electron chi connectivity index (χ0n) is 16.6. The number of nitrogens with one attached hydrogen (secondary N) is 1. The smallest absolute Gasteiger partial charge is 0.484 e.